The van der Waals surface area contributed by atoms with Gasteiger partial charge < -0.3 is 9.47 Å². The quantitative estimate of drug-likeness (QED) is 0.438. The summed E-state index contributed by atoms with van der Waals surface area (Å²) in [6.07, 6.45) is 4.80. The van der Waals surface area contributed by atoms with Crippen molar-refractivity contribution in [3.63, 3.8) is 0 Å². The normalized spacial score (nSPS) is 30.4. The lowest BCUT2D eigenvalue weighted by Crippen LogP contribution is -2.40. The number of ether oxygens (including phenoxy) is 2. The van der Waals surface area contributed by atoms with Gasteiger partial charge in [0.05, 0.1) is 11.3 Å². The van der Waals surface area contributed by atoms with Crippen molar-refractivity contribution in [1.82, 2.24) is 0 Å². The topological polar surface area (TPSA) is 69.7 Å². The molecule has 5 nitrogen and oxygen atoms in total. The summed E-state index contributed by atoms with van der Waals surface area (Å²) < 4.78 is 10.1. The van der Waals surface area contributed by atoms with E-state index in [4.69, 9.17) is 9.47 Å². The SMILES string of the molecule is C=CC(=O)OC(CC)CC12CCCCC1C(=O)OC2=O. The zero-order valence-corrected chi connectivity index (χ0v) is 11.7. The molecule has 110 valence electrons. The summed E-state index contributed by atoms with van der Waals surface area (Å²) in [5.74, 6) is -1.74. The average molecular weight is 280 g/mol. The van der Waals surface area contributed by atoms with Crippen LogP contribution in [-0.2, 0) is 23.9 Å². The molecule has 0 radical (unpaired) electrons. The Balaban J connectivity index is 2.18. The highest BCUT2D eigenvalue weighted by Gasteiger charge is 2.58. The molecular weight excluding hydrogens is 260 g/mol. The van der Waals surface area contributed by atoms with Crippen LogP contribution < -0.4 is 0 Å². The number of fused-ring (bicyclic) bond motifs is 1. The molecule has 0 N–H and O–H groups in total. The minimum atomic E-state index is -0.794. The Morgan fingerprint density at radius 3 is 2.95 bits per heavy atom. The van der Waals surface area contributed by atoms with Gasteiger partial charge in [-0.2, -0.15) is 0 Å². The molecule has 1 saturated heterocycles. The predicted octanol–water partition coefficient (Wildman–Crippen LogP) is 2.14. The molecule has 1 aliphatic heterocycles. The standard InChI is InChI=1S/C15H20O5/c1-3-10(19-12(16)4-2)9-15-8-6-5-7-11(15)13(17)20-14(15)18/h4,10-11H,2-3,5-9H2,1H3. The van der Waals surface area contributed by atoms with Gasteiger partial charge in [0.2, 0.25) is 0 Å². The minimum absolute atomic E-state index is 0.359. The monoisotopic (exact) mass is 280 g/mol. The van der Waals surface area contributed by atoms with Crippen LogP contribution in [0.3, 0.4) is 0 Å². The zero-order chi connectivity index (χ0) is 14.8. The second-order valence-corrected chi connectivity index (χ2v) is 5.54. The average Bonchev–Trinajstić information content (AvgIpc) is 2.70. The zero-order valence-electron chi connectivity index (χ0n) is 11.7. The van der Waals surface area contributed by atoms with Gasteiger partial charge >= 0.3 is 17.9 Å². The number of carbonyl (C=O) groups excluding carboxylic acids is 3. The first-order valence-electron chi connectivity index (χ1n) is 7.12. The van der Waals surface area contributed by atoms with Gasteiger partial charge in [0, 0.05) is 12.5 Å². The second kappa shape index (κ2) is 5.77. The van der Waals surface area contributed by atoms with Gasteiger partial charge in [-0.1, -0.05) is 26.3 Å². The summed E-state index contributed by atoms with van der Waals surface area (Å²) >= 11 is 0. The smallest absolute Gasteiger partial charge is 0.330 e. The maximum absolute atomic E-state index is 12.1. The first-order valence-corrected chi connectivity index (χ1v) is 7.12. The van der Waals surface area contributed by atoms with Crippen molar-refractivity contribution in [3.05, 3.63) is 12.7 Å². The second-order valence-electron chi connectivity index (χ2n) is 5.54. The summed E-state index contributed by atoms with van der Waals surface area (Å²) in [5, 5.41) is 0. The molecule has 1 aliphatic carbocycles. The molecular formula is C15H20O5. The largest absolute Gasteiger partial charge is 0.459 e. The molecule has 3 unspecified atom stereocenters. The van der Waals surface area contributed by atoms with Crippen LogP contribution in [0.15, 0.2) is 12.7 Å². The van der Waals surface area contributed by atoms with E-state index in [-0.39, 0.29) is 12.0 Å². The van der Waals surface area contributed by atoms with E-state index in [1.807, 2.05) is 6.92 Å². The molecule has 1 heterocycles. The highest BCUT2D eigenvalue weighted by molar-refractivity contribution is 5.99. The van der Waals surface area contributed by atoms with Gasteiger partial charge in [0.25, 0.3) is 0 Å². The molecule has 0 amide bonds. The predicted molar refractivity (Wildman–Crippen MR) is 70.5 cm³/mol. The van der Waals surface area contributed by atoms with Crippen LogP contribution in [-0.4, -0.2) is 24.0 Å². The Labute approximate surface area is 118 Å². The molecule has 20 heavy (non-hydrogen) atoms. The molecule has 2 rings (SSSR count). The lowest BCUT2D eigenvalue weighted by atomic mass is 9.64. The molecule has 2 fully saturated rings. The molecule has 5 heteroatoms. The highest BCUT2D eigenvalue weighted by Crippen LogP contribution is 2.50. The van der Waals surface area contributed by atoms with Crippen molar-refractivity contribution in [2.75, 3.05) is 0 Å². The van der Waals surface area contributed by atoms with Crippen LogP contribution in [0, 0.1) is 11.3 Å². The molecule has 0 bridgehead atoms. The van der Waals surface area contributed by atoms with Crippen LogP contribution >= 0.6 is 0 Å². The number of hydrogen-bond donors (Lipinski definition) is 0. The fraction of sp³-hybridized carbons (Fsp3) is 0.667. The lowest BCUT2D eigenvalue weighted by Gasteiger charge is -2.35. The van der Waals surface area contributed by atoms with E-state index in [1.165, 1.54) is 0 Å². The van der Waals surface area contributed by atoms with Crippen LogP contribution in [0.2, 0.25) is 0 Å². The van der Waals surface area contributed by atoms with E-state index in [2.05, 4.69) is 6.58 Å². The van der Waals surface area contributed by atoms with E-state index in [0.717, 1.165) is 18.9 Å². The van der Waals surface area contributed by atoms with Gasteiger partial charge in [0.1, 0.15) is 6.10 Å². The number of cyclic esters (lactones) is 2. The Morgan fingerprint density at radius 2 is 2.30 bits per heavy atom. The number of carbonyl (C=O) groups is 3. The van der Waals surface area contributed by atoms with E-state index < -0.39 is 23.3 Å². The summed E-state index contributed by atoms with van der Waals surface area (Å²) in [6.45, 7) is 5.25. The third-order valence-corrected chi connectivity index (χ3v) is 4.41. The molecule has 0 spiro atoms. The van der Waals surface area contributed by atoms with Crippen molar-refractivity contribution in [3.8, 4) is 0 Å². The van der Waals surface area contributed by atoms with Gasteiger partial charge in [-0.05, 0) is 19.3 Å². The lowest BCUT2D eigenvalue weighted by molar-refractivity contribution is -0.158. The summed E-state index contributed by atoms with van der Waals surface area (Å²) in [4.78, 5) is 35.3. The third-order valence-electron chi connectivity index (χ3n) is 4.41. The van der Waals surface area contributed by atoms with Crippen LogP contribution in [0.5, 0.6) is 0 Å². The number of rotatable bonds is 5. The minimum Gasteiger partial charge on any atom is -0.459 e. The highest BCUT2D eigenvalue weighted by atomic mass is 16.6. The van der Waals surface area contributed by atoms with Crippen molar-refractivity contribution in [2.24, 2.45) is 11.3 Å². The van der Waals surface area contributed by atoms with Crippen molar-refractivity contribution in [2.45, 2.75) is 51.6 Å². The maximum atomic E-state index is 12.1. The van der Waals surface area contributed by atoms with Crippen molar-refractivity contribution in [1.29, 1.82) is 0 Å². The van der Waals surface area contributed by atoms with E-state index in [9.17, 15) is 14.4 Å². The van der Waals surface area contributed by atoms with Gasteiger partial charge in [-0.25, -0.2) is 4.79 Å². The van der Waals surface area contributed by atoms with Gasteiger partial charge in [-0.15, -0.1) is 0 Å². The molecule has 0 aromatic heterocycles. The van der Waals surface area contributed by atoms with Crippen molar-refractivity contribution < 1.29 is 23.9 Å². The molecule has 3 atom stereocenters. The fourth-order valence-electron chi connectivity index (χ4n) is 3.31. The van der Waals surface area contributed by atoms with Gasteiger partial charge in [0.15, 0.2) is 0 Å². The Kier molecular flexibility index (Phi) is 4.26. The maximum Gasteiger partial charge on any atom is 0.330 e. The van der Waals surface area contributed by atoms with Gasteiger partial charge in [-0.3, -0.25) is 9.59 Å². The van der Waals surface area contributed by atoms with Crippen molar-refractivity contribution >= 4 is 17.9 Å². The van der Waals surface area contributed by atoms with E-state index in [1.54, 1.807) is 0 Å². The van der Waals surface area contributed by atoms with Crippen LogP contribution in [0.1, 0.15) is 45.4 Å². The van der Waals surface area contributed by atoms with E-state index >= 15 is 0 Å². The Hall–Kier alpha value is -1.65. The third kappa shape index (κ3) is 2.49. The first kappa shape index (κ1) is 14.8. The van der Waals surface area contributed by atoms with Crippen LogP contribution in [0.25, 0.3) is 0 Å². The molecule has 0 aromatic carbocycles. The summed E-state index contributed by atoms with van der Waals surface area (Å²) in [7, 11) is 0. The summed E-state index contributed by atoms with van der Waals surface area (Å²) in [5.41, 5.74) is -0.794. The summed E-state index contributed by atoms with van der Waals surface area (Å²) in [6, 6.07) is 0. The van der Waals surface area contributed by atoms with Crippen LogP contribution in [0.4, 0.5) is 0 Å². The Bertz CT molecular complexity index is 442. The number of esters is 3. The Morgan fingerprint density at radius 1 is 1.55 bits per heavy atom. The molecule has 1 saturated carbocycles. The fourth-order valence-corrected chi connectivity index (χ4v) is 3.31. The first-order chi connectivity index (χ1) is 9.53. The molecule has 0 aromatic rings. The molecule has 2 aliphatic rings. The number of hydrogen-bond acceptors (Lipinski definition) is 5. The van der Waals surface area contributed by atoms with E-state index in [0.29, 0.717) is 25.7 Å².